The molecule has 2 heterocycles. The van der Waals surface area contributed by atoms with E-state index >= 15 is 0 Å². The predicted molar refractivity (Wildman–Crippen MR) is 136 cm³/mol. The summed E-state index contributed by atoms with van der Waals surface area (Å²) >= 11 is 0. The van der Waals surface area contributed by atoms with E-state index in [-0.39, 0.29) is 17.3 Å². The maximum absolute atomic E-state index is 12.3. The molecule has 8 heteroatoms. The average molecular weight is 466 g/mol. The van der Waals surface area contributed by atoms with Gasteiger partial charge in [0.1, 0.15) is 23.7 Å². The molecule has 0 saturated carbocycles. The van der Waals surface area contributed by atoms with E-state index < -0.39 is 10.9 Å². The number of hydrogen-bond acceptors (Lipinski definition) is 7. The molecule has 35 heavy (non-hydrogen) atoms. The van der Waals surface area contributed by atoms with E-state index in [0.717, 1.165) is 11.1 Å². The van der Waals surface area contributed by atoms with Crippen LogP contribution in [0.1, 0.15) is 5.56 Å². The number of fused-ring (bicyclic) bond motifs is 1. The summed E-state index contributed by atoms with van der Waals surface area (Å²) in [6.45, 7) is 4.84. The van der Waals surface area contributed by atoms with Gasteiger partial charge in [0.05, 0.1) is 17.9 Å². The Labute approximate surface area is 201 Å². The van der Waals surface area contributed by atoms with Crippen LogP contribution in [-0.2, 0) is 11.3 Å². The minimum atomic E-state index is -0.566. The number of pyridine rings is 1. The second-order valence-corrected chi connectivity index (χ2v) is 8.03. The fraction of sp³-hybridized carbons (Fsp3) is 0.111. The second kappa shape index (κ2) is 9.26. The van der Waals surface area contributed by atoms with Gasteiger partial charge in [-0.15, -0.1) is 0 Å². The summed E-state index contributed by atoms with van der Waals surface area (Å²) in [5.74, 6) is 0.410. The van der Waals surface area contributed by atoms with Crippen molar-refractivity contribution < 1.29 is 9.53 Å². The largest absolute Gasteiger partial charge is 0.490 e. The topological polar surface area (TPSA) is 101 Å². The van der Waals surface area contributed by atoms with Gasteiger partial charge in [-0.1, -0.05) is 36.9 Å². The number of nitrogens with one attached hydrogen (secondary N) is 2. The van der Waals surface area contributed by atoms with Crippen molar-refractivity contribution in [1.82, 2.24) is 4.98 Å². The summed E-state index contributed by atoms with van der Waals surface area (Å²) < 4.78 is 5.68. The van der Waals surface area contributed by atoms with Gasteiger partial charge in [0.2, 0.25) is 0 Å². The number of carbonyl (C=O) groups excluding carboxylic acids is 1. The molecule has 0 spiro atoms. The Kier molecular flexibility index (Phi) is 5.85. The van der Waals surface area contributed by atoms with Crippen molar-refractivity contribution >= 4 is 28.7 Å². The highest BCUT2D eigenvalue weighted by Gasteiger charge is 2.23. The van der Waals surface area contributed by atoms with Crippen molar-refractivity contribution in [1.29, 1.82) is 0 Å². The van der Waals surface area contributed by atoms with Crippen LogP contribution in [0.5, 0.6) is 5.75 Å². The van der Waals surface area contributed by atoms with Crippen LogP contribution in [0.3, 0.4) is 0 Å². The molecule has 0 unspecified atom stereocenters. The minimum Gasteiger partial charge on any atom is -0.490 e. The minimum absolute atomic E-state index is 0.203. The molecule has 1 aromatic heterocycles. The third kappa shape index (κ3) is 4.29. The Hall–Kier alpha value is -4.72. The molecule has 0 aliphatic carbocycles. The molecule has 0 fully saturated rings. The van der Waals surface area contributed by atoms with E-state index in [9.17, 15) is 14.4 Å². The standard InChI is InChI=1S/C27H22N4O4/c1-2-23(32)31-12-13-35-22-9-8-18(14-21(22)31)20-15-19(10-11-28-20)30-25-24(26(33)27(25)34)29-16-17-6-4-3-5-7-17/h2-11,14-15,29H,1,12-13,16H2,(H,28,30). The van der Waals surface area contributed by atoms with Crippen LogP contribution in [0, 0.1) is 0 Å². The van der Waals surface area contributed by atoms with Gasteiger partial charge in [-0.05, 0) is 42.0 Å². The summed E-state index contributed by atoms with van der Waals surface area (Å²) in [7, 11) is 0. The van der Waals surface area contributed by atoms with Crippen molar-refractivity contribution in [2.45, 2.75) is 6.54 Å². The third-order valence-corrected chi connectivity index (χ3v) is 5.81. The molecule has 0 bridgehead atoms. The molecule has 1 aliphatic heterocycles. The lowest BCUT2D eigenvalue weighted by Crippen LogP contribution is -2.36. The number of nitrogens with zero attached hydrogens (tertiary/aromatic N) is 2. The van der Waals surface area contributed by atoms with Crippen LogP contribution in [-0.4, -0.2) is 24.0 Å². The highest BCUT2D eigenvalue weighted by molar-refractivity contribution is 6.02. The van der Waals surface area contributed by atoms with Crippen molar-refractivity contribution in [3.8, 4) is 17.0 Å². The van der Waals surface area contributed by atoms with E-state index in [1.807, 2.05) is 42.5 Å². The van der Waals surface area contributed by atoms with Gasteiger partial charge in [-0.2, -0.15) is 0 Å². The quantitative estimate of drug-likeness (QED) is 0.317. The Morgan fingerprint density at radius 2 is 1.86 bits per heavy atom. The normalized spacial score (nSPS) is 12.5. The van der Waals surface area contributed by atoms with Crippen molar-refractivity contribution in [2.75, 3.05) is 28.7 Å². The Bertz CT molecular complexity index is 1490. The van der Waals surface area contributed by atoms with E-state index in [4.69, 9.17) is 4.74 Å². The van der Waals surface area contributed by atoms with Crippen molar-refractivity contribution in [3.05, 3.63) is 106 Å². The third-order valence-electron chi connectivity index (χ3n) is 5.81. The monoisotopic (exact) mass is 466 g/mol. The molecule has 0 radical (unpaired) electrons. The van der Waals surface area contributed by atoms with Crippen LogP contribution >= 0.6 is 0 Å². The van der Waals surface area contributed by atoms with E-state index in [0.29, 0.717) is 42.5 Å². The lowest BCUT2D eigenvalue weighted by atomic mass is 10.1. The molecule has 1 aliphatic rings. The zero-order chi connectivity index (χ0) is 24.4. The highest BCUT2D eigenvalue weighted by atomic mass is 16.5. The van der Waals surface area contributed by atoms with Gasteiger partial charge in [-0.3, -0.25) is 19.4 Å². The molecular weight excluding hydrogens is 444 g/mol. The van der Waals surface area contributed by atoms with Gasteiger partial charge in [0, 0.05) is 24.0 Å². The highest BCUT2D eigenvalue weighted by Crippen LogP contribution is 2.36. The van der Waals surface area contributed by atoms with Gasteiger partial charge < -0.3 is 20.3 Å². The molecule has 1 amide bonds. The molecule has 5 rings (SSSR count). The first-order valence-corrected chi connectivity index (χ1v) is 11.1. The molecule has 174 valence electrons. The first kappa shape index (κ1) is 22.1. The molecule has 0 atom stereocenters. The van der Waals surface area contributed by atoms with E-state index in [2.05, 4.69) is 22.2 Å². The van der Waals surface area contributed by atoms with Crippen LogP contribution in [0.4, 0.5) is 22.7 Å². The summed E-state index contributed by atoms with van der Waals surface area (Å²) in [6.07, 6.45) is 2.89. The fourth-order valence-electron chi connectivity index (χ4n) is 3.99. The Balaban J connectivity index is 1.39. The second-order valence-electron chi connectivity index (χ2n) is 8.03. The molecule has 2 N–H and O–H groups in total. The first-order chi connectivity index (χ1) is 17.0. The van der Waals surface area contributed by atoms with Gasteiger partial charge in [-0.25, -0.2) is 0 Å². The van der Waals surface area contributed by atoms with Crippen LogP contribution < -0.4 is 31.1 Å². The zero-order valence-corrected chi connectivity index (χ0v) is 18.8. The number of aromatic nitrogens is 1. The molecular formula is C27H22N4O4. The Morgan fingerprint density at radius 3 is 2.66 bits per heavy atom. The average Bonchev–Trinajstić information content (AvgIpc) is 2.92. The van der Waals surface area contributed by atoms with Crippen molar-refractivity contribution in [3.63, 3.8) is 0 Å². The molecule has 0 saturated heterocycles. The number of anilines is 4. The fourth-order valence-corrected chi connectivity index (χ4v) is 3.99. The maximum Gasteiger partial charge on any atom is 0.253 e. The predicted octanol–water partition coefficient (Wildman–Crippen LogP) is 3.61. The zero-order valence-electron chi connectivity index (χ0n) is 18.8. The number of ether oxygens (including phenoxy) is 1. The summed E-state index contributed by atoms with van der Waals surface area (Å²) in [5.41, 5.74) is 3.04. The summed E-state index contributed by atoms with van der Waals surface area (Å²) in [5, 5.41) is 6.12. The number of hydrogen-bond donors (Lipinski definition) is 2. The lowest BCUT2D eigenvalue weighted by molar-refractivity contribution is -0.114. The number of carbonyl (C=O) groups is 1. The first-order valence-electron chi connectivity index (χ1n) is 11.1. The van der Waals surface area contributed by atoms with Gasteiger partial charge >= 0.3 is 0 Å². The summed E-state index contributed by atoms with van der Waals surface area (Å²) in [6, 6.07) is 18.6. The number of rotatable bonds is 7. The lowest BCUT2D eigenvalue weighted by Gasteiger charge is -2.29. The van der Waals surface area contributed by atoms with Gasteiger partial charge in [0.15, 0.2) is 0 Å². The number of benzene rings is 2. The van der Waals surface area contributed by atoms with E-state index in [1.54, 1.807) is 29.3 Å². The number of amides is 1. The van der Waals surface area contributed by atoms with Crippen molar-refractivity contribution in [2.24, 2.45) is 0 Å². The van der Waals surface area contributed by atoms with Crippen LogP contribution in [0.2, 0.25) is 0 Å². The van der Waals surface area contributed by atoms with Gasteiger partial charge in [0.25, 0.3) is 16.8 Å². The van der Waals surface area contributed by atoms with Crippen LogP contribution in [0.25, 0.3) is 11.3 Å². The molecule has 4 aromatic rings. The Morgan fingerprint density at radius 1 is 1.06 bits per heavy atom. The smallest absolute Gasteiger partial charge is 0.253 e. The van der Waals surface area contributed by atoms with Crippen LogP contribution in [0.15, 0.2) is 89.1 Å². The summed E-state index contributed by atoms with van der Waals surface area (Å²) in [4.78, 5) is 42.7. The maximum atomic E-state index is 12.3. The van der Waals surface area contributed by atoms with E-state index in [1.165, 1.54) is 6.08 Å². The molecule has 8 nitrogen and oxygen atoms in total. The SMILES string of the molecule is C=CC(=O)N1CCOc2ccc(-c3cc(Nc4c(NCc5ccccc5)c(=O)c4=O)ccn3)cc21. The molecule has 3 aromatic carbocycles.